The second-order valence-corrected chi connectivity index (χ2v) is 9.08. The zero-order valence-electron chi connectivity index (χ0n) is 18.9. The number of hydrogen-bond acceptors (Lipinski definition) is 5. The fourth-order valence-electron chi connectivity index (χ4n) is 4.81. The first-order valence-electron chi connectivity index (χ1n) is 11.1. The predicted molar refractivity (Wildman–Crippen MR) is 120 cm³/mol. The average molecular weight is 423 g/mol. The van der Waals surface area contributed by atoms with Crippen LogP contribution in [-0.4, -0.2) is 32.0 Å². The molecule has 2 aromatic carbocycles. The molecule has 0 N–H and O–H groups in total. The number of fused-ring (bicyclic) bond motifs is 6. The summed E-state index contributed by atoms with van der Waals surface area (Å²) in [5.74, 6) is 3.46. The van der Waals surface area contributed by atoms with E-state index in [2.05, 4.69) is 51.1 Å². The van der Waals surface area contributed by atoms with Gasteiger partial charge in [-0.1, -0.05) is 6.92 Å². The van der Waals surface area contributed by atoms with Crippen molar-refractivity contribution in [3.63, 3.8) is 0 Å². The Morgan fingerprint density at radius 3 is 2.74 bits per heavy atom. The van der Waals surface area contributed by atoms with Gasteiger partial charge in [0.05, 0.1) is 24.7 Å². The van der Waals surface area contributed by atoms with Gasteiger partial charge in [0.15, 0.2) is 0 Å². The van der Waals surface area contributed by atoms with Gasteiger partial charge in [-0.25, -0.2) is 0 Å². The maximum atomic E-state index is 6.60. The quantitative estimate of drug-likeness (QED) is 0.642. The van der Waals surface area contributed by atoms with Crippen LogP contribution < -0.4 is 18.9 Å². The third kappa shape index (κ3) is 3.35. The first-order chi connectivity index (χ1) is 14.9. The van der Waals surface area contributed by atoms with Crippen LogP contribution in [0.2, 0.25) is 0 Å². The summed E-state index contributed by atoms with van der Waals surface area (Å²) >= 11 is 0. The molecule has 0 spiro atoms. The molecule has 0 saturated heterocycles. The smallest absolute Gasteiger partial charge is 0.142 e. The molecule has 0 unspecified atom stereocenters. The molecule has 2 aromatic rings. The van der Waals surface area contributed by atoms with Crippen LogP contribution in [-0.2, 0) is 4.74 Å². The van der Waals surface area contributed by atoms with Gasteiger partial charge in [-0.2, -0.15) is 0 Å². The average Bonchev–Trinajstić information content (AvgIpc) is 2.75. The molecule has 0 fully saturated rings. The van der Waals surface area contributed by atoms with E-state index in [1.165, 1.54) is 0 Å². The van der Waals surface area contributed by atoms with Gasteiger partial charge in [-0.15, -0.1) is 0 Å². The summed E-state index contributed by atoms with van der Waals surface area (Å²) in [6.45, 7) is 9.44. The lowest BCUT2D eigenvalue weighted by Gasteiger charge is -2.44. The zero-order chi connectivity index (χ0) is 21.8. The maximum Gasteiger partial charge on any atom is 0.142 e. The summed E-state index contributed by atoms with van der Waals surface area (Å²) < 4.78 is 31.0. The third-order valence-corrected chi connectivity index (χ3v) is 6.30. The van der Waals surface area contributed by atoms with Crippen molar-refractivity contribution in [3.05, 3.63) is 52.6 Å². The number of rotatable bonds is 4. The number of ether oxygens (including phenoxy) is 5. The number of aryl methyl sites for hydroxylation is 1. The highest BCUT2D eigenvalue weighted by molar-refractivity contribution is 5.70. The summed E-state index contributed by atoms with van der Waals surface area (Å²) in [5.41, 5.74) is 3.84. The van der Waals surface area contributed by atoms with E-state index in [1.54, 1.807) is 7.11 Å². The van der Waals surface area contributed by atoms with Gasteiger partial charge in [0, 0.05) is 17.7 Å². The second-order valence-electron chi connectivity index (χ2n) is 9.08. The van der Waals surface area contributed by atoms with E-state index in [0.717, 1.165) is 51.7 Å². The van der Waals surface area contributed by atoms with Crippen molar-refractivity contribution in [1.82, 2.24) is 0 Å². The van der Waals surface area contributed by atoms with Crippen LogP contribution in [0.1, 0.15) is 61.5 Å². The molecule has 0 radical (unpaired) electrons. The Balaban J connectivity index is 1.64. The lowest BCUT2D eigenvalue weighted by atomic mass is 9.79. The summed E-state index contributed by atoms with van der Waals surface area (Å²) in [4.78, 5) is 0. The standard InChI is InChI=1S/C26H30O5/c1-6-11-28-25-17-7-8-19-16(9-10-26(3,4)31-19)24(17)30-22-14-29-21-12-15(2)20(27-5)13-18(21)23(22)25/h7-10,12-13,22-23,25H,6,11,14H2,1-5H3/t22-,23+,25-/m1/s1. The van der Waals surface area contributed by atoms with Gasteiger partial charge in [-0.3, -0.25) is 0 Å². The van der Waals surface area contributed by atoms with Gasteiger partial charge in [0.25, 0.3) is 0 Å². The van der Waals surface area contributed by atoms with E-state index in [-0.39, 0.29) is 23.7 Å². The van der Waals surface area contributed by atoms with Crippen LogP contribution >= 0.6 is 0 Å². The lowest BCUT2D eigenvalue weighted by molar-refractivity contribution is -0.0405. The van der Waals surface area contributed by atoms with E-state index in [4.69, 9.17) is 23.7 Å². The van der Waals surface area contributed by atoms with Gasteiger partial charge in [0.2, 0.25) is 0 Å². The van der Waals surface area contributed by atoms with E-state index < -0.39 is 0 Å². The Kier molecular flexibility index (Phi) is 4.89. The molecule has 0 amide bonds. The molecule has 5 rings (SSSR count). The minimum atomic E-state index is -0.335. The Morgan fingerprint density at radius 1 is 1.13 bits per heavy atom. The van der Waals surface area contributed by atoms with Gasteiger partial charge in [0.1, 0.15) is 41.3 Å². The molecule has 0 aliphatic carbocycles. The summed E-state index contributed by atoms with van der Waals surface area (Å²) in [6, 6.07) is 8.28. The molecule has 0 bridgehead atoms. The summed E-state index contributed by atoms with van der Waals surface area (Å²) in [6.07, 6.45) is 4.86. The topological polar surface area (TPSA) is 46.2 Å². The predicted octanol–water partition coefficient (Wildman–Crippen LogP) is 5.59. The second kappa shape index (κ2) is 7.49. The largest absolute Gasteiger partial charge is 0.496 e. The van der Waals surface area contributed by atoms with Crippen molar-refractivity contribution < 1.29 is 23.7 Å². The fraction of sp³-hybridized carbons (Fsp3) is 0.462. The maximum absolute atomic E-state index is 6.60. The van der Waals surface area contributed by atoms with Gasteiger partial charge < -0.3 is 23.7 Å². The van der Waals surface area contributed by atoms with E-state index in [0.29, 0.717) is 13.2 Å². The molecule has 0 saturated carbocycles. The van der Waals surface area contributed by atoms with Gasteiger partial charge in [-0.05, 0) is 69.2 Å². The SMILES string of the molecule is CCCO[C@@H]1c2ccc3c(c2O[C@@H]2COc4cc(C)c(OC)cc4[C@H]12)C=CC(C)(C)O3. The Bertz CT molecular complexity index is 1040. The monoisotopic (exact) mass is 422 g/mol. The Hall–Kier alpha value is -2.66. The highest BCUT2D eigenvalue weighted by Gasteiger charge is 2.46. The van der Waals surface area contributed by atoms with Crippen molar-refractivity contribution in [2.45, 2.75) is 57.8 Å². The molecule has 3 aliphatic heterocycles. The van der Waals surface area contributed by atoms with Crippen LogP contribution in [0, 0.1) is 6.92 Å². The van der Waals surface area contributed by atoms with Crippen LogP contribution in [0.4, 0.5) is 0 Å². The number of hydrogen-bond donors (Lipinski definition) is 0. The molecule has 3 atom stereocenters. The van der Waals surface area contributed by atoms with E-state index in [1.807, 2.05) is 13.0 Å². The first-order valence-corrected chi connectivity index (χ1v) is 11.1. The van der Waals surface area contributed by atoms with Crippen LogP contribution in [0.15, 0.2) is 30.3 Å². The minimum absolute atomic E-state index is 0.0280. The molecule has 3 aliphatic rings. The van der Waals surface area contributed by atoms with E-state index >= 15 is 0 Å². The highest BCUT2D eigenvalue weighted by Crippen LogP contribution is 2.54. The first kappa shape index (κ1) is 20.3. The molecular weight excluding hydrogens is 392 g/mol. The fourth-order valence-corrected chi connectivity index (χ4v) is 4.81. The molecule has 0 aromatic heterocycles. The van der Waals surface area contributed by atoms with Crippen LogP contribution in [0.3, 0.4) is 0 Å². The molecule has 5 heteroatoms. The van der Waals surface area contributed by atoms with Crippen LogP contribution in [0.5, 0.6) is 23.0 Å². The Morgan fingerprint density at radius 2 is 1.97 bits per heavy atom. The molecular formula is C26H30O5. The van der Waals surface area contributed by atoms with Crippen molar-refractivity contribution in [2.24, 2.45) is 0 Å². The number of methoxy groups -OCH3 is 1. The lowest BCUT2D eigenvalue weighted by Crippen LogP contribution is -2.43. The molecule has 3 heterocycles. The van der Waals surface area contributed by atoms with Gasteiger partial charge >= 0.3 is 0 Å². The van der Waals surface area contributed by atoms with Crippen LogP contribution in [0.25, 0.3) is 6.08 Å². The molecule has 5 nitrogen and oxygen atoms in total. The molecule has 164 valence electrons. The zero-order valence-corrected chi connectivity index (χ0v) is 18.9. The summed E-state index contributed by atoms with van der Waals surface area (Å²) in [5, 5.41) is 0. The van der Waals surface area contributed by atoms with E-state index in [9.17, 15) is 0 Å². The number of benzene rings is 2. The normalized spacial score (nSPS) is 24.5. The van der Waals surface area contributed by atoms with Crippen molar-refractivity contribution >= 4 is 6.08 Å². The summed E-state index contributed by atoms with van der Waals surface area (Å²) in [7, 11) is 1.70. The Labute approximate surface area is 183 Å². The van der Waals surface area contributed by atoms with Crippen molar-refractivity contribution in [2.75, 3.05) is 20.3 Å². The van der Waals surface area contributed by atoms with Crippen molar-refractivity contribution in [3.8, 4) is 23.0 Å². The highest BCUT2D eigenvalue weighted by atomic mass is 16.6. The molecule has 31 heavy (non-hydrogen) atoms. The van der Waals surface area contributed by atoms with Crippen molar-refractivity contribution in [1.29, 1.82) is 0 Å². The minimum Gasteiger partial charge on any atom is -0.496 e. The third-order valence-electron chi connectivity index (χ3n) is 6.30.